The average Bonchev–Trinajstić information content (AvgIpc) is 0.841. The first-order valence-electron chi connectivity index (χ1n) is 31.9. The second-order valence-corrected chi connectivity index (χ2v) is 23.9. The molecule has 8 atom stereocenters. The van der Waals surface area contributed by atoms with E-state index in [2.05, 4.69) is 49.1 Å². The van der Waals surface area contributed by atoms with Gasteiger partial charge in [-0.1, -0.05) is 63.9 Å². The molecule has 0 spiro atoms. The number of aromatic hydroxyl groups is 1. The van der Waals surface area contributed by atoms with Crippen molar-refractivity contribution in [3.05, 3.63) is 83.0 Å². The van der Waals surface area contributed by atoms with Gasteiger partial charge < -0.3 is 73.5 Å². The van der Waals surface area contributed by atoms with Gasteiger partial charge in [-0.25, -0.2) is 9.59 Å². The van der Waals surface area contributed by atoms with Crippen LogP contribution in [0.15, 0.2) is 71.9 Å². The van der Waals surface area contributed by atoms with E-state index in [4.69, 9.17) is 48.7 Å². The Labute approximate surface area is 554 Å². The minimum Gasteiger partial charge on any atom is -0.508 e. The predicted molar refractivity (Wildman–Crippen MR) is 353 cm³/mol. The molecule has 0 aliphatic heterocycles. The number of unbranched alkanes of at least 4 members (excludes halogenated alkanes) is 1. The van der Waals surface area contributed by atoms with Crippen LogP contribution in [0, 0.1) is 23.7 Å². The molecular formula is C66H96ClN11O16. The quantitative estimate of drug-likeness (QED) is 0.0116. The summed E-state index contributed by atoms with van der Waals surface area (Å²) in [5.74, 6) is -9.58. The van der Waals surface area contributed by atoms with Gasteiger partial charge in [-0.15, -0.1) is 0 Å². The van der Waals surface area contributed by atoms with Gasteiger partial charge in [-0.05, 0) is 137 Å². The summed E-state index contributed by atoms with van der Waals surface area (Å²) in [5.41, 5.74) is 25.1. The molecule has 0 radical (unpaired) electrons. The van der Waals surface area contributed by atoms with E-state index in [1.165, 1.54) is 62.8 Å². The Kier molecular flexibility index (Phi) is 36.8. The zero-order valence-electron chi connectivity index (χ0n) is 54.6. The number of aliphatic carboxylic acids is 1. The molecule has 3 aromatic rings. The van der Waals surface area contributed by atoms with E-state index in [0.29, 0.717) is 29.5 Å². The molecule has 0 aliphatic rings. The molecule has 0 bridgehead atoms. The predicted octanol–water partition coefficient (Wildman–Crippen LogP) is 5.04. The summed E-state index contributed by atoms with van der Waals surface area (Å²) in [6.07, 6.45) is 4.64. The van der Waals surface area contributed by atoms with Crippen molar-refractivity contribution in [3.63, 3.8) is 0 Å². The van der Waals surface area contributed by atoms with Crippen molar-refractivity contribution in [2.24, 2.45) is 51.6 Å². The second-order valence-electron chi connectivity index (χ2n) is 23.4. The van der Waals surface area contributed by atoms with Crippen molar-refractivity contribution in [1.29, 1.82) is 0 Å². The summed E-state index contributed by atoms with van der Waals surface area (Å²) < 4.78 is 15.6. The number of nitrogens with two attached hydrogens (primary N) is 4. The van der Waals surface area contributed by atoms with Gasteiger partial charge in [0.15, 0.2) is 23.3 Å². The van der Waals surface area contributed by atoms with Gasteiger partial charge >= 0.3 is 18.2 Å². The van der Waals surface area contributed by atoms with Crippen LogP contribution in [0.4, 0.5) is 9.59 Å². The summed E-state index contributed by atoms with van der Waals surface area (Å²) in [5, 5.41) is 31.4. The number of carboxylic acids is 1. The van der Waals surface area contributed by atoms with Crippen molar-refractivity contribution >= 4 is 93.4 Å². The highest BCUT2D eigenvalue weighted by molar-refractivity contribution is 6.31. The molecule has 0 fully saturated rings. The lowest BCUT2D eigenvalue weighted by molar-refractivity contribution is -0.141. The lowest BCUT2D eigenvalue weighted by Crippen LogP contribution is -2.48. The number of alkyl carbamates (subject to hydrolysis) is 1. The molecule has 94 heavy (non-hydrogen) atoms. The second kappa shape index (κ2) is 43.4. The van der Waals surface area contributed by atoms with Crippen LogP contribution in [-0.4, -0.2) is 168 Å². The lowest BCUT2D eigenvalue weighted by Gasteiger charge is -2.24. The average molecular weight is 1340 g/mol. The number of likely N-dealkylation sites (N-methyl/N-ethyl adjacent to an activating group) is 1. The number of amides is 5. The number of phenolic OH excluding ortho intramolecular Hbond substituents is 1. The standard InChI is InChI=1S/C66H96ClN11O16/c1-6-55(80)54(40-60(85)86)77-63(89)47(36-44-17-20-49(79)21-18-44)38-56(81)43(5)75-61(87)42(4)35-58(83)52(16-12-27-73-64(70)71)76-62(88)46(37-57(82)51(68)23-24-59(69)84)15-8-9-26-74-65(90)92-31-10-11-32-93-66(91)94-33-30-78(7-2)29-13-14-41(3)34-45-25-28-72-53-39-48(67)19-22-50(45)53/h10-11,17-22,25,28,39,41-43,46-47,51-52,54,79H,6-9,12-16,23-24,26-27,29-38,40,68H2,1-5H3,(H2,69,84)(H,74,90)(H,75,87)(H,76,88)(H,77,89)(H,85,86)(H4,70,71,73)/b11-10+/t41?,42-,43+,46-,47-,51+,52+,54+/m1/s1. The summed E-state index contributed by atoms with van der Waals surface area (Å²) in [4.78, 5) is 154. The Bertz CT molecular complexity index is 3050. The number of benzene rings is 2. The summed E-state index contributed by atoms with van der Waals surface area (Å²) in [7, 11) is 0. The number of halogens is 1. The Morgan fingerprint density at radius 1 is 0.691 bits per heavy atom. The van der Waals surface area contributed by atoms with Crippen molar-refractivity contribution < 1.29 is 77.2 Å². The van der Waals surface area contributed by atoms with Gasteiger partial charge in [-0.2, -0.15) is 0 Å². The van der Waals surface area contributed by atoms with E-state index in [1.54, 1.807) is 0 Å². The van der Waals surface area contributed by atoms with Crippen LogP contribution in [0.25, 0.3) is 10.9 Å². The minimum absolute atomic E-state index is 0.00403. The fraction of sp³-hybridized carbons (Fsp3) is 0.561. The highest BCUT2D eigenvalue weighted by Crippen LogP contribution is 2.25. The van der Waals surface area contributed by atoms with E-state index in [0.717, 1.165) is 43.3 Å². The third-order valence-electron chi connectivity index (χ3n) is 15.7. The van der Waals surface area contributed by atoms with Gasteiger partial charge in [0.25, 0.3) is 0 Å². The van der Waals surface area contributed by atoms with Gasteiger partial charge in [0.05, 0.1) is 36.1 Å². The highest BCUT2D eigenvalue weighted by atomic mass is 35.5. The number of pyridine rings is 1. The van der Waals surface area contributed by atoms with Crippen LogP contribution in [0.2, 0.25) is 5.02 Å². The number of phenols is 1. The Morgan fingerprint density at radius 2 is 1.37 bits per heavy atom. The largest absolute Gasteiger partial charge is 0.508 e. The number of rotatable bonds is 47. The number of nitrogens with one attached hydrogen (secondary N) is 4. The maximum Gasteiger partial charge on any atom is 0.508 e. The fourth-order valence-corrected chi connectivity index (χ4v) is 10.3. The molecule has 3 rings (SSSR count). The number of Topliss-reactive ketones (excluding diaryl/α,β-unsaturated/α-hetero) is 4. The topological polar surface area (TPSA) is 437 Å². The maximum atomic E-state index is 14.2. The van der Waals surface area contributed by atoms with Crippen LogP contribution >= 0.6 is 11.6 Å². The van der Waals surface area contributed by atoms with Gasteiger partial charge in [0, 0.05) is 86.1 Å². The van der Waals surface area contributed by atoms with Crippen molar-refractivity contribution in [2.45, 2.75) is 162 Å². The number of primary amides is 1. The SMILES string of the molecule is CCC(=O)[C@H](CC(=O)O)NC(=O)[C@@H](CC(=O)[C@H](C)NC(=O)[C@H](C)CC(=O)[C@H](CCCN=C(N)N)NC(=O)[C@H](CCCCNC(=O)OC/C=C/COC(=O)OCCN(CC)CCCC(C)Cc1ccnc2cc(Cl)ccc12)CC(=O)[C@@H](N)CCC(N)=O)Cc1ccc(O)cc1. The molecule has 0 saturated heterocycles. The number of carboxylic acid groups (broad SMARTS) is 1. The smallest absolute Gasteiger partial charge is 0.508 e. The number of hydrogen-bond donors (Lipinski definition) is 10. The number of carbonyl (C=O) groups is 11. The number of carbonyl (C=O) groups excluding carboxylic acids is 10. The molecule has 2 aromatic carbocycles. The Morgan fingerprint density at radius 3 is 2.04 bits per heavy atom. The zero-order chi connectivity index (χ0) is 69.7. The number of ether oxygens (including phenoxy) is 3. The summed E-state index contributed by atoms with van der Waals surface area (Å²) in [6, 6.07) is 8.70. The third-order valence-corrected chi connectivity index (χ3v) is 15.9. The molecule has 0 saturated carbocycles. The first-order valence-corrected chi connectivity index (χ1v) is 32.3. The number of aromatic nitrogens is 1. The molecule has 14 N–H and O–H groups in total. The van der Waals surface area contributed by atoms with Crippen LogP contribution in [-0.2, 0) is 70.2 Å². The molecule has 1 unspecified atom stereocenters. The van der Waals surface area contributed by atoms with Crippen LogP contribution < -0.4 is 44.2 Å². The number of hydrogen-bond acceptors (Lipinski definition) is 19. The number of nitrogens with zero attached hydrogens (tertiary/aromatic N) is 3. The molecular weight excluding hydrogens is 1240 g/mol. The van der Waals surface area contributed by atoms with E-state index < -0.39 is 126 Å². The van der Waals surface area contributed by atoms with Crippen molar-refractivity contribution in [1.82, 2.24) is 31.2 Å². The van der Waals surface area contributed by atoms with Gasteiger partial charge in [0.2, 0.25) is 23.6 Å². The molecule has 1 aromatic heterocycles. The zero-order valence-corrected chi connectivity index (χ0v) is 55.3. The fourth-order valence-electron chi connectivity index (χ4n) is 10.2. The normalized spacial score (nSPS) is 13.8. The number of ketones is 4. The molecule has 0 aliphatic carbocycles. The van der Waals surface area contributed by atoms with Crippen molar-refractivity contribution in [2.75, 3.05) is 52.5 Å². The summed E-state index contributed by atoms with van der Waals surface area (Å²) in [6.45, 7) is 10.8. The monoisotopic (exact) mass is 1330 g/mol. The third kappa shape index (κ3) is 31.8. The van der Waals surface area contributed by atoms with Gasteiger partial charge in [0.1, 0.15) is 31.4 Å². The maximum absolute atomic E-state index is 14.2. The number of aliphatic imine (C=N–C) groups is 1. The lowest BCUT2D eigenvalue weighted by atomic mass is 9.90. The van der Waals surface area contributed by atoms with Crippen molar-refractivity contribution in [3.8, 4) is 5.75 Å². The molecule has 28 heteroatoms. The van der Waals surface area contributed by atoms with E-state index >= 15 is 0 Å². The van der Waals surface area contributed by atoms with Crippen LogP contribution in [0.3, 0.4) is 0 Å². The summed E-state index contributed by atoms with van der Waals surface area (Å²) >= 11 is 6.16. The van der Waals surface area contributed by atoms with Gasteiger partial charge in [-0.3, -0.25) is 53.1 Å². The Balaban J connectivity index is 1.52. The van der Waals surface area contributed by atoms with E-state index in [-0.39, 0.29) is 102 Å². The first kappa shape index (κ1) is 79.7. The number of fused-ring (bicyclic) bond motifs is 1. The number of guanidine groups is 1. The molecule has 518 valence electrons. The first-order chi connectivity index (χ1) is 44.7. The highest BCUT2D eigenvalue weighted by Gasteiger charge is 2.33. The van der Waals surface area contributed by atoms with Crippen LogP contribution in [0.5, 0.6) is 5.75 Å². The Hall–Kier alpha value is -8.56. The molecule has 27 nitrogen and oxygen atoms in total. The molecule has 1 heterocycles. The van der Waals surface area contributed by atoms with E-state index in [1.807, 2.05) is 31.3 Å². The molecule has 5 amide bonds. The van der Waals surface area contributed by atoms with Crippen LogP contribution in [0.1, 0.15) is 136 Å². The van der Waals surface area contributed by atoms with E-state index in [9.17, 15) is 63.0 Å². The minimum atomic E-state index is -1.36.